The molecule has 0 spiro atoms. The van der Waals surface area contributed by atoms with E-state index in [1.807, 2.05) is 19.1 Å². The van der Waals surface area contributed by atoms with Crippen LogP contribution in [0.2, 0.25) is 0 Å². The second-order valence-corrected chi connectivity index (χ2v) is 4.72. The third kappa shape index (κ3) is 2.78. The van der Waals surface area contributed by atoms with Crippen molar-refractivity contribution >= 4 is 0 Å². The lowest BCUT2D eigenvalue weighted by atomic mass is 9.93. The SMILES string of the molecule is Cc1ccc(C#N)c(OC2CCCCC2N)c1. The third-order valence-corrected chi connectivity index (χ3v) is 3.29. The normalized spacial score (nSPS) is 24.1. The molecule has 1 aliphatic carbocycles. The Morgan fingerprint density at radius 3 is 2.82 bits per heavy atom. The van der Waals surface area contributed by atoms with Gasteiger partial charge in [-0.15, -0.1) is 0 Å². The number of nitrogens with two attached hydrogens (primary N) is 1. The molecule has 0 heterocycles. The number of hydrogen-bond acceptors (Lipinski definition) is 3. The topological polar surface area (TPSA) is 59.0 Å². The highest BCUT2D eigenvalue weighted by atomic mass is 16.5. The quantitative estimate of drug-likeness (QED) is 0.849. The molecule has 3 nitrogen and oxygen atoms in total. The maximum atomic E-state index is 9.04. The smallest absolute Gasteiger partial charge is 0.137 e. The van der Waals surface area contributed by atoms with E-state index in [4.69, 9.17) is 15.7 Å². The number of ether oxygens (including phenoxy) is 1. The van der Waals surface area contributed by atoms with Crippen molar-refractivity contribution in [2.75, 3.05) is 0 Å². The van der Waals surface area contributed by atoms with Gasteiger partial charge in [0.15, 0.2) is 0 Å². The highest BCUT2D eigenvalue weighted by Crippen LogP contribution is 2.26. The van der Waals surface area contributed by atoms with Gasteiger partial charge in [-0.25, -0.2) is 0 Å². The van der Waals surface area contributed by atoms with Gasteiger partial charge in [-0.2, -0.15) is 5.26 Å². The van der Waals surface area contributed by atoms with Crippen LogP contribution in [0, 0.1) is 18.3 Å². The molecule has 1 fully saturated rings. The van der Waals surface area contributed by atoms with Gasteiger partial charge in [0.05, 0.1) is 5.56 Å². The molecule has 1 aromatic rings. The average Bonchev–Trinajstić information content (AvgIpc) is 2.32. The van der Waals surface area contributed by atoms with E-state index in [1.54, 1.807) is 6.07 Å². The number of hydrogen-bond donors (Lipinski definition) is 1. The van der Waals surface area contributed by atoms with Crippen LogP contribution in [0.25, 0.3) is 0 Å². The van der Waals surface area contributed by atoms with Gasteiger partial charge in [0, 0.05) is 6.04 Å². The molecule has 1 saturated carbocycles. The first kappa shape index (κ1) is 11.9. The molecule has 1 aromatic carbocycles. The number of aryl methyl sites for hydroxylation is 1. The Hall–Kier alpha value is -1.53. The zero-order valence-electron chi connectivity index (χ0n) is 10.1. The lowest BCUT2D eigenvalue weighted by Gasteiger charge is -2.29. The first-order chi connectivity index (χ1) is 8.20. The van der Waals surface area contributed by atoms with Crippen LogP contribution in [-0.2, 0) is 0 Å². The highest BCUT2D eigenvalue weighted by Gasteiger charge is 2.24. The minimum Gasteiger partial charge on any atom is -0.487 e. The molecule has 2 N–H and O–H groups in total. The minimum absolute atomic E-state index is 0.0534. The Labute approximate surface area is 102 Å². The molecule has 2 rings (SSSR count). The van der Waals surface area contributed by atoms with Crippen LogP contribution >= 0.6 is 0 Å². The van der Waals surface area contributed by atoms with Crippen LogP contribution in [0.3, 0.4) is 0 Å². The van der Waals surface area contributed by atoms with Crippen molar-refractivity contribution in [2.24, 2.45) is 5.73 Å². The zero-order chi connectivity index (χ0) is 12.3. The summed E-state index contributed by atoms with van der Waals surface area (Å²) in [6.07, 6.45) is 4.39. The Bertz CT molecular complexity index is 436. The summed E-state index contributed by atoms with van der Waals surface area (Å²) in [5, 5.41) is 9.04. The second-order valence-electron chi connectivity index (χ2n) is 4.72. The molecule has 0 radical (unpaired) electrons. The van der Waals surface area contributed by atoms with E-state index in [0.717, 1.165) is 24.8 Å². The molecule has 0 amide bonds. The zero-order valence-corrected chi connectivity index (χ0v) is 10.1. The lowest BCUT2D eigenvalue weighted by molar-refractivity contribution is 0.132. The van der Waals surface area contributed by atoms with E-state index in [1.165, 1.54) is 6.42 Å². The maximum absolute atomic E-state index is 9.04. The van der Waals surface area contributed by atoms with Crippen molar-refractivity contribution < 1.29 is 4.74 Å². The van der Waals surface area contributed by atoms with Crippen LogP contribution in [0.1, 0.15) is 36.8 Å². The Balaban J connectivity index is 2.17. The first-order valence-electron chi connectivity index (χ1n) is 6.13. The van der Waals surface area contributed by atoms with Gasteiger partial charge in [0.2, 0.25) is 0 Å². The number of rotatable bonds is 2. The van der Waals surface area contributed by atoms with E-state index < -0.39 is 0 Å². The largest absolute Gasteiger partial charge is 0.487 e. The number of nitrogens with zero attached hydrogens (tertiary/aromatic N) is 1. The molecule has 3 heteroatoms. The molecule has 2 atom stereocenters. The van der Waals surface area contributed by atoms with Crippen molar-refractivity contribution in [2.45, 2.75) is 44.8 Å². The van der Waals surface area contributed by atoms with Crippen LogP contribution in [-0.4, -0.2) is 12.1 Å². The Kier molecular flexibility index (Phi) is 3.65. The molecule has 1 aliphatic rings. The molecular weight excluding hydrogens is 212 g/mol. The van der Waals surface area contributed by atoms with Crippen LogP contribution in [0.15, 0.2) is 18.2 Å². The van der Waals surface area contributed by atoms with Gasteiger partial charge < -0.3 is 10.5 Å². The van der Waals surface area contributed by atoms with Crippen molar-refractivity contribution in [1.82, 2.24) is 0 Å². The predicted molar refractivity (Wildman–Crippen MR) is 66.8 cm³/mol. The monoisotopic (exact) mass is 230 g/mol. The van der Waals surface area contributed by atoms with Crippen molar-refractivity contribution in [1.29, 1.82) is 5.26 Å². The first-order valence-corrected chi connectivity index (χ1v) is 6.13. The second kappa shape index (κ2) is 5.20. The van der Waals surface area contributed by atoms with E-state index in [9.17, 15) is 0 Å². The van der Waals surface area contributed by atoms with Gasteiger partial charge in [0.25, 0.3) is 0 Å². The lowest BCUT2D eigenvalue weighted by Crippen LogP contribution is -2.41. The molecule has 90 valence electrons. The van der Waals surface area contributed by atoms with E-state index >= 15 is 0 Å². The summed E-state index contributed by atoms with van der Waals surface area (Å²) >= 11 is 0. The molecule has 0 aromatic heterocycles. The summed E-state index contributed by atoms with van der Waals surface area (Å²) in [5.41, 5.74) is 7.74. The summed E-state index contributed by atoms with van der Waals surface area (Å²) in [7, 11) is 0. The number of benzene rings is 1. The predicted octanol–water partition coefficient (Wildman–Crippen LogP) is 2.52. The molecule has 0 aliphatic heterocycles. The standard InChI is InChI=1S/C14H18N2O/c1-10-6-7-11(9-15)14(8-10)17-13-5-3-2-4-12(13)16/h6-8,12-13H,2-5,16H2,1H3. The van der Waals surface area contributed by atoms with Gasteiger partial charge in [-0.05, 0) is 43.9 Å². The summed E-state index contributed by atoms with van der Waals surface area (Å²) in [4.78, 5) is 0. The maximum Gasteiger partial charge on any atom is 0.137 e. The van der Waals surface area contributed by atoms with Crippen LogP contribution < -0.4 is 10.5 Å². The molecule has 0 bridgehead atoms. The van der Waals surface area contributed by atoms with E-state index in [2.05, 4.69) is 6.07 Å². The van der Waals surface area contributed by atoms with E-state index in [-0.39, 0.29) is 12.1 Å². The molecule has 2 unspecified atom stereocenters. The third-order valence-electron chi connectivity index (χ3n) is 3.29. The summed E-state index contributed by atoms with van der Waals surface area (Å²) in [6.45, 7) is 1.99. The average molecular weight is 230 g/mol. The molecule has 17 heavy (non-hydrogen) atoms. The Morgan fingerprint density at radius 2 is 2.12 bits per heavy atom. The minimum atomic E-state index is 0.0534. The summed E-state index contributed by atoms with van der Waals surface area (Å²) in [5.74, 6) is 0.676. The van der Waals surface area contributed by atoms with Gasteiger partial charge >= 0.3 is 0 Å². The van der Waals surface area contributed by atoms with Gasteiger partial charge in [-0.1, -0.05) is 12.5 Å². The number of nitriles is 1. The fraction of sp³-hybridized carbons (Fsp3) is 0.500. The van der Waals surface area contributed by atoms with Crippen LogP contribution in [0.5, 0.6) is 5.75 Å². The van der Waals surface area contributed by atoms with Gasteiger partial charge in [0.1, 0.15) is 17.9 Å². The fourth-order valence-corrected chi connectivity index (χ4v) is 2.25. The molecule has 0 saturated heterocycles. The van der Waals surface area contributed by atoms with Gasteiger partial charge in [-0.3, -0.25) is 0 Å². The fourth-order valence-electron chi connectivity index (χ4n) is 2.25. The highest BCUT2D eigenvalue weighted by molar-refractivity contribution is 5.45. The van der Waals surface area contributed by atoms with Crippen molar-refractivity contribution in [3.05, 3.63) is 29.3 Å². The summed E-state index contributed by atoms with van der Waals surface area (Å²) < 4.78 is 5.92. The Morgan fingerprint density at radius 1 is 1.35 bits per heavy atom. The molecular formula is C14H18N2O. The van der Waals surface area contributed by atoms with E-state index in [0.29, 0.717) is 11.3 Å². The van der Waals surface area contributed by atoms with Crippen LogP contribution in [0.4, 0.5) is 0 Å². The van der Waals surface area contributed by atoms with Crippen molar-refractivity contribution in [3.63, 3.8) is 0 Å². The summed E-state index contributed by atoms with van der Waals surface area (Å²) in [6, 6.07) is 7.90. The van der Waals surface area contributed by atoms with Crippen molar-refractivity contribution in [3.8, 4) is 11.8 Å².